The molecule has 7 nitrogen and oxygen atoms in total. The fraction of sp³-hybridized carbons (Fsp3) is 0.321. The Kier molecular flexibility index (Phi) is 8.25. The zero-order chi connectivity index (χ0) is 26.6. The van der Waals surface area contributed by atoms with Crippen molar-refractivity contribution in [1.29, 1.82) is 0 Å². The third kappa shape index (κ3) is 6.76. The van der Waals surface area contributed by atoms with Crippen LogP contribution in [-0.2, 0) is 22.6 Å². The third-order valence-corrected chi connectivity index (χ3v) is 5.55. The molecule has 2 N–H and O–H groups in total. The first-order valence-corrected chi connectivity index (χ1v) is 12.1. The molecule has 0 bridgehead atoms. The minimum atomic E-state index is -1.07. The molecular weight excluding hydrogens is 480 g/mol. The molecule has 36 heavy (non-hydrogen) atoms. The van der Waals surface area contributed by atoms with E-state index in [9.17, 15) is 14.4 Å². The van der Waals surface area contributed by atoms with Gasteiger partial charge in [0.05, 0.1) is 6.54 Å². The number of alkyl carbamates (subject to hydrolysis) is 1. The lowest BCUT2D eigenvalue weighted by Gasteiger charge is -2.23. The van der Waals surface area contributed by atoms with E-state index in [0.29, 0.717) is 33.6 Å². The number of carbonyl (C=O) groups is 2. The van der Waals surface area contributed by atoms with Crippen molar-refractivity contribution >= 4 is 40.5 Å². The molecule has 1 heterocycles. The zero-order valence-electron chi connectivity index (χ0n) is 21.1. The molecule has 0 saturated carbocycles. The summed E-state index contributed by atoms with van der Waals surface area (Å²) in [5.74, 6) is -0.904. The lowest BCUT2D eigenvalue weighted by molar-refractivity contribution is -0.131. The van der Waals surface area contributed by atoms with Crippen LogP contribution in [-0.4, -0.2) is 27.3 Å². The highest BCUT2D eigenvalue weighted by Gasteiger charge is 2.21. The molecule has 0 atom stereocenters. The van der Waals surface area contributed by atoms with E-state index in [2.05, 4.69) is 5.32 Å². The monoisotopic (exact) mass is 510 g/mol. The van der Waals surface area contributed by atoms with Crippen molar-refractivity contribution in [3.63, 3.8) is 0 Å². The highest BCUT2D eigenvalue weighted by molar-refractivity contribution is 6.30. The Morgan fingerprint density at radius 3 is 2.36 bits per heavy atom. The first-order chi connectivity index (χ1) is 16.9. The van der Waals surface area contributed by atoms with E-state index < -0.39 is 17.7 Å². The molecule has 0 aliphatic rings. The van der Waals surface area contributed by atoms with Crippen molar-refractivity contribution in [2.75, 3.05) is 0 Å². The summed E-state index contributed by atoms with van der Waals surface area (Å²) in [5.41, 5.74) is 1.95. The Hall–Kier alpha value is -3.58. The van der Waals surface area contributed by atoms with Crippen molar-refractivity contribution in [1.82, 2.24) is 9.88 Å². The fourth-order valence-corrected chi connectivity index (χ4v) is 4.06. The number of rotatable bonds is 7. The fourth-order valence-electron chi connectivity index (χ4n) is 3.94. The first kappa shape index (κ1) is 27.0. The molecule has 3 aromatic rings. The molecular formula is C28H31ClN2O5. The molecule has 8 heteroatoms. The largest absolute Gasteiger partial charge is 0.478 e. The molecule has 0 unspecified atom stereocenters. The molecule has 0 radical (unpaired) electrons. The van der Waals surface area contributed by atoms with Gasteiger partial charge in [0.25, 0.3) is 5.56 Å². The Morgan fingerprint density at radius 2 is 1.78 bits per heavy atom. The van der Waals surface area contributed by atoms with Gasteiger partial charge in [0.15, 0.2) is 0 Å². The Bertz CT molecular complexity index is 1370. The summed E-state index contributed by atoms with van der Waals surface area (Å²) in [6.07, 6.45) is 1.94. The zero-order valence-corrected chi connectivity index (χ0v) is 21.8. The summed E-state index contributed by atoms with van der Waals surface area (Å²) in [7, 11) is 0. The highest BCUT2D eigenvalue weighted by atomic mass is 35.5. The van der Waals surface area contributed by atoms with Crippen LogP contribution in [0, 0.1) is 5.92 Å². The number of carbonyl (C=O) groups excluding carboxylic acids is 1. The first-order valence-electron chi connectivity index (χ1n) is 11.7. The van der Waals surface area contributed by atoms with Gasteiger partial charge >= 0.3 is 12.1 Å². The van der Waals surface area contributed by atoms with Gasteiger partial charge in [-0.1, -0.05) is 43.6 Å². The number of benzene rings is 2. The van der Waals surface area contributed by atoms with Gasteiger partial charge in [-0.15, -0.1) is 0 Å². The number of hydrogen-bond acceptors (Lipinski definition) is 4. The van der Waals surface area contributed by atoms with E-state index in [0.717, 1.165) is 17.2 Å². The van der Waals surface area contributed by atoms with Crippen LogP contribution < -0.4 is 10.9 Å². The quantitative estimate of drug-likeness (QED) is 0.374. The normalized spacial score (nSPS) is 11.9. The second-order valence-corrected chi connectivity index (χ2v) is 10.4. The number of hydrogen-bond donors (Lipinski definition) is 2. The van der Waals surface area contributed by atoms with E-state index in [-0.39, 0.29) is 18.0 Å². The SMILES string of the molecule is CC(C)Cn1c(CNC(=O)OC(C)(C)C)c(-c2ccc(Cl)cc2)c2cc(C=CC(=O)O)ccc2c1=O. The number of carboxylic acid groups (broad SMARTS) is 1. The van der Waals surface area contributed by atoms with Gasteiger partial charge in [-0.25, -0.2) is 9.59 Å². The second-order valence-electron chi connectivity index (χ2n) is 9.97. The van der Waals surface area contributed by atoms with Crippen molar-refractivity contribution in [3.8, 4) is 11.1 Å². The third-order valence-electron chi connectivity index (χ3n) is 5.30. The maximum absolute atomic E-state index is 13.7. The summed E-state index contributed by atoms with van der Waals surface area (Å²) < 4.78 is 7.11. The van der Waals surface area contributed by atoms with Crippen molar-refractivity contribution in [2.24, 2.45) is 5.92 Å². The predicted octanol–water partition coefficient (Wildman–Crippen LogP) is 6.10. The van der Waals surface area contributed by atoms with Gasteiger partial charge in [0.1, 0.15) is 5.60 Å². The van der Waals surface area contributed by atoms with Crippen LogP contribution in [0.2, 0.25) is 5.02 Å². The topological polar surface area (TPSA) is 97.6 Å². The molecule has 1 aromatic heterocycles. The lowest BCUT2D eigenvalue weighted by Crippen LogP contribution is -2.35. The number of nitrogens with zero attached hydrogens (tertiary/aromatic N) is 1. The maximum atomic E-state index is 13.7. The molecule has 2 aromatic carbocycles. The number of pyridine rings is 1. The molecule has 0 spiro atoms. The molecule has 0 aliphatic carbocycles. The summed E-state index contributed by atoms with van der Waals surface area (Å²) in [6, 6.07) is 12.5. The van der Waals surface area contributed by atoms with Crippen LogP contribution in [0.4, 0.5) is 4.79 Å². The lowest BCUT2D eigenvalue weighted by atomic mass is 9.94. The van der Waals surface area contributed by atoms with E-state index in [1.165, 1.54) is 6.08 Å². The molecule has 1 amide bonds. The predicted molar refractivity (Wildman–Crippen MR) is 143 cm³/mol. The van der Waals surface area contributed by atoms with E-state index in [4.69, 9.17) is 21.4 Å². The summed E-state index contributed by atoms with van der Waals surface area (Å²) >= 11 is 6.15. The van der Waals surface area contributed by atoms with E-state index in [1.54, 1.807) is 55.7 Å². The van der Waals surface area contributed by atoms with Crippen molar-refractivity contribution < 1.29 is 19.4 Å². The van der Waals surface area contributed by atoms with Gasteiger partial charge in [-0.2, -0.15) is 0 Å². The second kappa shape index (κ2) is 11.0. The summed E-state index contributed by atoms with van der Waals surface area (Å²) in [5, 5.41) is 13.6. The van der Waals surface area contributed by atoms with Crippen LogP contribution >= 0.6 is 11.6 Å². The van der Waals surface area contributed by atoms with E-state index in [1.807, 2.05) is 26.0 Å². The average molecular weight is 511 g/mol. The summed E-state index contributed by atoms with van der Waals surface area (Å²) in [6.45, 7) is 9.88. The highest BCUT2D eigenvalue weighted by Crippen LogP contribution is 2.33. The molecule has 190 valence electrons. The average Bonchev–Trinajstić information content (AvgIpc) is 2.77. The number of aromatic nitrogens is 1. The number of aliphatic carboxylic acids is 1. The summed E-state index contributed by atoms with van der Waals surface area (Å²) in [4.78, 5) is 37.2. The van der Waals surface area contributed by atoms with Gasteiger partial charge in [0, 0.05) is 34.3 Å². The van der Waals surface area contributed by atoms with Crippen LogP contribution in [0.15, 0.2) is 53.3 Å². The Morgan fingerprint density at radius 1 is 1.11 bits per heavy atom. The standard InChI is InChI=1S/C28H31ClN2O5/c1-17(2)16-31-23(15-30-27(35)36-28(3,4)5)25(19-8-10-20(29)11-9-19)22-14-18(7-13-24(32)33)6-12-21(22)26(31)34/h6-14,17H,15-16H2,1-5H3,(H,30,35)(H,32,33). The molecule has 3 rings (SSSR count). The van der Waals surface area contributed by atoms with E-state index >= 15 is 0 Å². The van der Waals surface area contributed by atoms with Gasteiger partial charge in [-0.05, 0) is 73.5 Å². The Balaban J connectivity index is 2.31. The molecule has 0 aliphatic heterocycles. The number of amides is 1. The number of halogens is 1. The Labute approximate surface area is 215 Å². The van der Waals surface area contributed by atoms with Crippen molar-refractivity contribution in [2.45, 2.75) is 53.3 Å². The van der Waals surface area contributed by atoms with Crippen LogP contribution in [0.25, 0.3) is 28.0 Å². The van der Waals surface area contributed by atoms with Crippen LogP contribution in [0.1, 0.15) is 45.9 Å². The minimum absolute atomic E-state index is 0.0555. The molecule has 0 saturated heterocycles. The number of carboxylic acids is 1. The minimum Gasteiger partial charge on any atom is -0.478 e. The van der Waals surface area contributed by atoms with Crippen molar-refractivity contribution in [3.05, 3.63) is 75.2 Å². The van der Waals surface area contributed by atoms with Gasteiger partial charge < -0.3 is 19.7 Å². The van der Waals surface area contributed by atoms with Gasteiger partial charge in [-0.3, -0.25) is 4.79 Å². The maximum Gasteiger partial charge on any atom is 0.407 e. The molecule has 0 fully saturated rings. The van der Waals surface area contributed by atoms with Crippen LogP contribution in [0.5, 0.6) is 0 Å². The number of nitrogens with one attached hydrogen (secondary N) is 1. The van der Waals surface area contributed by atoms with Gasteiger partial charge in [0.2, 0.25) is 0 Å². The smallest absolute Gasteiger partial charge is 0.407 e. The number of fused-ring (bicyclic) bond motifs is 1. The van der Waals surface area contributed by atoms with Crippen LogP contribution in [0.3, 0.4) is 0 Å². The number of ether oxygens (including phenoxy) is 1.